The Morgan fingerprint density at radius 1 is 1.17 bits per heavy atom. The highest BCUT2D eigenvalue weighted by molar-refractivity contribution is 6.31. The van der Waals surface area contributed by atoms with E-state index < -0.39 is 0 Å². The molecule has 0 fully saturated rings. The maximum absolute atomic E-state index is 12.1. The van der Waals surface area contributed by atoms with Gasteiger partial charge < -0.3 is 10.6 Å². The molecule has 0 aliphatic carbocycles. The molecule has 0 aliphatic heterocycles. The number of hydrogen-bond acceptors (Lipinski definition) is 4. The molecule has 2 aromatic rings. The molecule has 23 heavy (non-hydrogen) atoms. The van der Waals surface area contributed by atoms with E-state index in [1.54, 1.807) is 12.3 Å². The Kier molecular flexibility index (Phi) is 6.81. The van der Waals surface area contributed by atoms with Gasteiger partial charge in [0.2, 0.25) is 0 Å². The molecule has 0 unspecified atom stereocenters. The Labute approximate surface area is 141 Å². The van der Waals surface area contributed by atoms with Crippen molar-refractivity contribution in [3.8, 4) is 0 Å². The molecular weight excluding hydrogens is 312 g/mol. The van der Waals surface area contributed by atoms with Crippen LogP contribution in [-0.4, -0.2) is 22.4 Å². The summed E-state index contributed by atoms with van der Waals surface area (Å²) in [4.78, 5) is 20.4. The molecule has 0 saturated heterocycles. The lowest BCUT2D eigenvalue weighted by Crippen LogP contribution is -2.24. The molecule has 122 valence electrons. The van der Waals surface area contributed by atoms with Gasteiger partial charge in [0.25, 0.3) is 5.91 Å². The van der Waals surface area contributed by atoms with Gasteiger partial charge in [-0.3, -0.25) is 4.79 Å². The first-order valence-corrected chi connectivity index (χ1v) is 8.16. The Hall–Kier alpha value is -2.14. The Balaban J connectivity index is 1.84. The molecule has 0 radical (unpaired) electrons. The van der Waals surface area contributed by atoms with Gasteiger partial charge in [-0.1, -0.05) is 49.6 Å². The normalized spacial score (nSPS) is 10.3. The predicted octanol–water partition coefficient (Wildman–Crippen LogP) is 3.66. The second kappa shape index (κ2) is 9.10. The fourth-order valence-electron chi connectivity index (χ4n) is 2.04. The van der Waals surface area contributed by atoms with Crippen molar-refractivity contribution in [2.24, 2.45) is 0 Å². The average Bonchev–Trinajstić information content (AvgIpc) is 2.58. The van der Waals surface area contributed by atoms with Gasteiger partial charge in [0.1, 0.15) is 11.5 Å². The van der Waals surface area contributed by atoms with Crippen LogP contribution in [0.25, 0.3) is 0 Å². The third-order valence-corrected chi connectivity index (χ3v) is 3.74. The zero-order chi connectivity index (χ0) is 16.5. The monoisotopic (exact) mass is 332 g/mol. The zero-order valence-corrected chi connectivity index (χ0v) is 13.9. The lowest BCUT2D eigenvalue weighted by molar-refractivity contribution is 0.0945. The number of carbonyl (C=O) groups is 1. The Bertz CT molecular complexity index is 631. The quantitative estimate of drug-likeness (QED) is 0.724. The van der Waals surface area contributed by atoms with Gasteiger partial charge in [0.15, 0.2) is 0 Å². The van der Waals surface area contributed by atoms with E-state index in [0.29, 0.717) is 17.4 Å². The number of hydrogen-bond donors (Lipinski definition) is 2. The van der Waals surface area contributed by atoms with Crippen molar-refractivity contribution in [3.05, 3.63) is 52.9 Å². The Morgan fingerprint density at radius 2 is 2.00 bits per heavy atom. The number of unbranched alkanes of at least 4 members (excludes halogenated alkanes) is 2. The number of amides is 1. The lowest BCUT2D eigenvalue weighted by Gasteiger charge is -2.07. The zero-order valence-electron chi connectivity index (χ0n) is 13.2. The molecular formula is C17H21ClN4O. The van der Waals surface area contributed by atoms with E-state index in [1.165, 1.54) is 19.0 Å². The lowest BCUT2D eigenvalue weighted by atomic mass is 10.2. The van der Waals surface area contributed by atoms with Crippen LogP contribution in [0.4, 0.5) is 5.82 Å². The van der Waals surface area contributed by atoms with Crippen molar-refractivity contribution in [1.29, 1.82) is 0 Å². The summed E-state index contributed by atoms with van der Waals surface area (Å²) in [5, 5.41) is 6.61. The Morgan fingerprint density at radius 3 is 2.70 bits per heavy atom. The number of nitrogens with zero attached hydrogens (tertiary/aromatic N) is 2. The molecule has 1 heterocycles. The first kappa shape index (κ1) is 17.2. The number of aromatic nitrogens is 2. The van der Waals surface area contributed by atoms with Crippen LogP contribution >= 0.6 is 11.6 Å². The highest BCUT2D eigenvalue weighted by Gasteiger charge is 2.08. The van der Waals surface area contributed by atoms with Crippen LogP contribution in [0.2, 0.25) is 5.02 Å². The first-order valence-electron chi connectivity index (χ1n) is 7.78. The summed E-state index contributed by atoms with van der Waals surface area (Å²) in [5.74, 6) is 0.415. The highest BCUT2D eigenvalue weighted by Crippen LogP contribution is 2.14. The molecule has 2 rings (SSSR count). The molecule has 1 aromatic carbocycles. The van der Waals surface area contributed by atoms with Crippen LogP contribution in [0.1, 0.15) is 42.2 Å². The topological polar surface area (TPSA) is 66.9 Å². The predicted molar refractivity (Wildman–Crippen MR) is 92.7 cm³/mol. The number of anilines is 1. The van der Waals surface area contributed by atoms with Crippen molar-refractivity contribution in [3.63, 3.8) is 0 Å². The maximum atomic E-state index is 12.1. The van der Waals surface area contributed by atoms with Crippen molar-refractivity contribution >= 4 is 23.3 Å². The standard InChI is InChI=1S/C17H21ClN4O/c1-2-3-6-9-19-16-12-20-15(11-21-16)17(23)22-10-13-7-4-5-8-14(13)18/h4-5,7-8,11-12H,2-3,6,9-10H2,1H3,(H,19,21)(H,22,23). The van der Waals surface area contributed by atoms with E-state index in [0.717, 1.165) is 18.5 Å². The van der Waals surface area contributed by atoms with E-state index in [1.807, 2.05) is 18.2 Å². The summed E-state index contributed by atoms with van der Waals surface area (Å²) in [6, 6.07) is 7.40. The summed E-state index contributed by atoms with van der Waals surface area (Å²) in [6.45, 7) is 3.38. The summed E-state index contributed by atoms with van der Waals surface area (Å²) >= 11 is 6.06. The van der Waals surface area contributed by atoms with Gasteiger partial charge in [-0.15, -0.1) is 0 Å². The molecule has 6 heteroatoms. The SMILES string of the molecule is CCCCCNc1cnc(C(=O)NCc2ccccc2Cl)cn1. The molecule has 5 nitrogen and oxygen atoms in total. The van der Waals surface area contributed by atoms with E-state index in [4.69, 9.17) is 11.6 Å². The molecule has 0 aliphatic rings. The summed E-state index contributed by atoms with van der Waals surface area (Å²) in [7, 11) is 0. The van der Waals surface area contributed by atoms with Crippen LogP contribution in [0, 0.1) is 0 Å². The molecule has 0 spiro atoms. The van der Waals surface area contributed by atoms with Gasteiger partial charge in [-0.05, 0) is 18.1 Å². The number of benzene rings is 1. The van der Waals surface area contributed by atoms with E-state index in [-0.39, 0.29) is 11.6 Å². The third kappa shape index (κ3) is 5.53. The summed E-state index contributed by atoms with van der Waals surface area (Å²) in [5.41, 5.74) is 1.15. The minimum Gasteiger partial charge on any atom is -0.369 e. The van der Waals surface area contributed by atoms with Crippen molar-refractivity contribution < 1.29 is 4.79 Å². The smallest absolute Gasteiger partial charge is 0.271 e. The van der Waals surface area contributed by atoms with E-state index in [9.17, 15) is 4.79 Å². The molecule has 0 atom stereocenters. The minimum atomic E-state index is -0.269. The van der Waals surface area contributed by atoms with Crippen molar-refractivity contribution in [2.75, 3.05) is 11.9 Å². The van der Waals surface area contributed by atoms with Gasteiger partial charge in [0.05, 0.1) is 12.4 Å². The molecule has 0 bridgehead atoms. The van der Waals surface area contributed by atoms with E-state index in [2.05, 4.69) is 27.5 Å². The average molecular weight is 333 g/mol. The van der Waals surface area contributed by atoms with Gasteiger partial charge >= 0.3 is 0 Å². The van der Waals surface area contributed by atoms with Crippen LogP contribution in [0.3, 0.4) is 0 Å². The van der Waals surface area contributed by atoms with Gasteiger partial charge in [-0.25, -0.2) is 9.97 Å². The van der Waals surface area contributed by atoms with Gasteiger partial charge in [-0.2, -0.15) is 0 Å². The van der Waals surface area contributed by atoms with Crippen LogP contribution in [0.15, 0.2) is 36.7 Å². The molecule has 1 amide bonds. The first-order chi connectivity index (χ1) is 11.2. The van der Waals surface area contributed by atoms with Crippen LogP contribution in [0.5, 0.6) is 0 Å². The van der Waals surface area contributed by atoms with Crippen molar-refractivity contribution in [1.82, 2.24) is 15.3 Å². The number of rotatable bonds is 8. The fourth-order valence-corrected chi connectivity index (χ4v) is 2.24. The van der Waals surface area contributed by atoms with Crippen molar-refractivity contribution in [2.45, 2.75) is 32.7 Å². The molecule has 0 saturated carbocycles. The van der Waals surface area contributed by atoms with E-state index >= 15 is 0 Å². The van der Waals surface area contributed by atoms with Crippen LogP contribution in [-0.2, 0) is 6.54 Å². The minimum absolute atomic E-state index is 0.269. The molecule has 2 N–H and O–H groups in total. The largest absolute Gasteiger partial charge is 0.369 e. The second-order valence-electron chi connectivity index (χ2n) is 5.19. The number of halogens is 1. The highest BCUT2D eigenvalue weighted by atomic mass is 35.5. The second-order valence-corrected chi connectivity index (χ2v) is 5.60. The fraction of sp³-hybridized carbons (Fsp3) is 0.353. The maximum Gasteiger partial charge on any atom is 0.271 e. The van der Waals surface area contributed by atoms with Gasteiger partial charge in [0, 0.05) is 18.1 Å². The number of carbonyl (C=O) groups excluding carboxylic acids is 1. The third-order valence-electron chi connectivity index (χ3n) is 3.37. The van der Waals surface area contributed by atoms with Crippen LogP contribution < -0.4 is 10.6 Å². The summed E-state index contributed by atoms with van der Waals surface area (Å²) < 4.78 is 0. The molecule has 1 aromatic heterocycles. The summed E-state index contributed by atoms with van der Waals surface area (Å²) in [6.07, 6.45) is 6.51. The number of nitrogens with one attached hydrogen (secondary N) is 2.